The Bertz CT molecular complexity index is 1170. The topological polar surface area (TPSA) is 50.0 Å². The zero-order chi connectivity index (χ0) is 21.8. The normalized spacial score (nSPS) is 11.9. The number of benzene rings is 2. The van der Waals surface area contributed by atoms with Crippen molar-refractivity contribution in [1.82, 2.24) is 4.72 Å². The van der Waals surface area contributed by atoms with Crippen LogP contribution < -0.4 is 57.2 Å². The number of nitrogens with zero attached hydrogens (tertiary/aromatic N) is 2. The molecule has 3 rings (SSSR count). The molecule has 3 aromatic rings. The van der Waals surface area contributed by atoms with Crippen LogP contribution in [0.3, 0.4) is 0 Å². The highest BCUT2D eigenvalue weighted by Gasteiger charge is 2.20. The van der Waals surface area contributed by atoms with Crippen LogP contribution in [0.4, 0.5) is 0 Å². The summed E-state index contributed by atoms with van der Waals surface area (Å²) in [5.41, 5.74) is 1.09. The van der Waals surface area contributed by atoms with E-state index in [2.05, 4.69) is 31.0 Å². The lowest BCUT2D eigenvalue weighted by molar-refractivity contribution is -0.883. The minimum absolute atomic E-state index is 0. The van der Waals surface area contributed by atoms with Gasteiger partial charge in [0, 0.05) is 21.9 Å². The third-order valence-corrected chi connectivity index (χ3v) is 6.77. The number of aromatic nitrogens is 1. The first-order valence-electron chi connectivity index (χ1n) is 9.78. The lowest BCUT2D eigenvalue weighted by atomic mass is 10.2. The van der Waals surface area contributed by atoms with Crippen LogP contribution in [-0.4, -0.2) is 46.6 Å². The molecule has 0 amide bonds. The van der Waals surface area contributed by atoms with Crippen LogP contribution >= 0.6 is 11.6 Å². The first-order chi connectivity index (χ1) is 14.2. The molecule has 9 heteroatoms. The molecular weight excluding hydrogens is 672 g/mol. The van der Waals surface area contributed by atoms with Gasteiger partial charge in [-0.3, -0.25) is 0 Å². The van der Waals surface area contributed by atoms with Crippen molar-refractivity contribution >= 4 is 38.5 Å². The molecule has 0 radical (unpaired) electrons. The van der Waals surface area contributed by atoms with Gasteiger partial charge in [-0.25, -0.2) is 17.7 Å². The highest BCUT2D eigenvalue weighted by molar-refractivity contribution is 7.89. The van der Waals surface area contributed by atoms with Crippen LogP contribution in [0.2, 0.25) is 5.02 Å². The predicted octanol–water partition coefficient (Wildman–Crippen LogP) is -2.61. The molecule has 1 heterocycles. The minimum Gasteiger partial charge on any atom is -1.00 e. The summed E-state index contributed by atoms with van der Waals surface area (Å²) in [6.07, 6.45) is 7.93. The Morgan fingerprint density at radius 3 is 2.44 bits per heavy atom. The van der Waals surface area contributed by atoms with Crippen molar-refractivity contribution < 1.29 is 65.4 Å². The fourth-order valence-electron chi connectivity index (χ4n) is 3.24. The largest absolute Gasteiger partial charge is 1.00 e. The second-order valence-corrected chi connectivity index (χ2v) is 10.2. The molecule has 0 atom stereocenters. The number of aryl methyl sites for hydroxylation is 1. The molecule has 0 fully saturated rings. The van der Waals surface area contributed by atoms with E-state index in [-0.39, 0.29) is 48.0 Å². The van der Waals surface area contributed by atoms with Gasteiger partial charge in [0.15, 0.2) is 12.4 Å². The van der Waals surface area contributed by atoms with Gasteiger partial charge in [0.1, 0.15) is 7.05 Å². The number of fused-ring (bicyclic) bond motifs is 1. The molecule has 1 N–H and O–H groups in total. The summed E-state index contributed by atoms with van der Waals surface area (Å²) >= 11 is 5.91. The van der Waals surface area contributed by atoms with Gasteiger partial charge in [-0.05, 0) is 35.9 Å². The molecule has 5 nitrogen and oxygen atoms in total. The van der Waals surface area contributed by atoms with Gasteiger partial charge in [0.2, 0.25) is 10.0 Å². The van der Waals surface area contributed by atoms with Gasteiger partial charge in [-0.1, -0.05) is 35.9 Å². The van der Waals surface area contributed by atoms with Gasteiger partial charge in [-0.15, -0.1) is 0 Å². The van der Waals surface area contributed by atoms with E-state index in [0.29, 0.717) is 22.5 Å². The van der Waals surface area contributed by atoms with Crippen molar-refractivity contribution in [3.63, 3.8) is 0 Å². The molecular formula is C23H28ClI2N3O2S. The van der Waals surface area contributed by atoms with Crippen molar-refractivity contribution in [2.24, 2.45) is 7.05 Å². The van der Waals surface area contributed by atoms with E-state index in [9.17, 15) is 8.42 Å². The fourth-order valence-corrected chi connectivity index (χ4v) is 4.62. The lowest BCUT2D eigenvalue weighted by Crippen LogP contribution is -3.00. The Balaban J connectivity index is 0.00000256. The molecule has 32 heavy (non-hydrogen) atoms. The van der Waals surface area contributed by atoms with E-state index in [4.69, 9.17) is 11.6 Å². The molecule has 0 aliphatic rings. The zero-order valence-electron chi connectivity index (χ0n) is 18.3. The first-order valence-corrected chi connectivity index (χ1v) is 11.6. The number of pyridine rings is 1. The SMILES string of the molecule is C[n+]1ccc2c(S(=O)(=O)NCC[N+](C)(C)CC=Cc3ccc(Cl)cc3)cccc2c1.[I-].[I-]. The monoisotopic (exact) mass is 699 g/mol. The van der Waals surface area contributed by atoms with E-state index in [1.165, 1.54) is 0 Å². The van der Waals surface area contributed by atoms with Crippen LogP contribution in [0, 0.1) is 0 Å². The quantitative estimate of drug-likeness (QED) is 0.160. The number of hydrogen-bond acceptors (Lipinski definition) is 2. The van der Waals surface area contributed by atoms with E-state index in [1.807, 2.05) is 60.4 Å². The van der Waals surface area contributed by atoms with Gasteiger partial charge < -0.3 is 52.4 Å². The van der Waals surface area contributed by atoms with Crippen molar-refractivity contribution in [2.45, 2.75) is 4.90 Å². The molecule has 0 saturated carbocycles. The highest BCUT2D eigenvalue weighted by atomic mass is 127. The van der Waals surface area contributed by atoms with E-state index in [1.54, 1.807) is 12.1 Å². The molecule has 0 saturated heterocycles. The Labute approximate surface area is 230 Å². The fraction of sp³-hybridized carbons (Fsp3) is 0.261. The molecule has 0 spiro atoms. The number of quaternary nitrogens is 1. The number of hydrogen-bond donors (Lipinski definition) is 1. The maximum Gasteiger partial charge on any atom is 0.241 e. The van der Waals surface area contributed by atoms with Crippen molar-refractivity contribution in [2.75, 3.05) is 33.7 Å². The van der Waals surface area contributed by atoms with Crippen LogP contribution in [0.15, 0.2) is 71.9 Å². The molecule has 0 aliphatic carbocycles. The third kappa shape index (κ3) is 8.21. The number of likely N-dealkylation sites (N-methyl/N-ethyl adjacent to an activating group) is 1. The summed E-state index contributed by atoms with van der Waals surface area (Å²) in [6, 6.07) is 14.9. The van der Waals surface area contributed by atoms with Crippen LogP contribution in [0.5, 0.6) is 0 Å². The summed E-state index contributed by atoms with van der Waals surface area (Å²) < 4.78 is 31.1. The van der Waals surface area contributed by atoms with Crippen molar-refractivity contribution in [3.05, 3.63) is 77.6 Å². The number of rotatable bonds is 8. The first kappa shape index (κ1) is 29.2. The second kappa shape index (κ2) is 12.6. The Morgan fingerprint density at radius 1 is 1.06 bits per heavy atom. The molecule has 1 aromatic heterocycles. The van der Waals surface area contributed by atoms with Gasteiger partial charge in [0.05, 0.1) is 38.6 Å². The summed E-state index contributed by atoms with van der Waals surface area (Å²) in [6.45, 7) is 1.82. The summed E-state index contributed by atoms with van der Waals surface area (Å²) in [5.74, 6) is 0. The molecule has 0 aliphatic heterocycles. The average molecular weight is 700 g/mol. The van der Waals surface area contributed by atoms with E-state index in [0.717, 1.165) is 27.9 Å². The Kier molecular flexibility index (Phi) is 11.5. The Morgan fingerprint density at radius 2 is 1.75 bits per heavy atom. The number of halogens is 3. The van der Waals surface area contributed by atoms with Gasteiger partial charge in [0.25, 0.3) is 0 Å². The maximum atomic E-state index is 12.9. The third-order valence-electron chi connectivity index (χ3n) is 5.00. The summed E-state index contributed by atoms with van der Waals surface area (Å²) in [4.78, 5) is 0.313. The molecule has 174 valence electrons. The van der Waals surface area contributed by atoms with Crippen molar-refractivity contribution in [3.8, 4) is 0 Å². The van der Waals surface area contributed by atoms with Crippen LogP contribution in [-0.2, 0) is 17.1 Å². The summed E-state index contributed by atoms with van der Waals surface area (Å²) in [7, 11) is 2.49. The van der Waals surface area contributed by atoms with E-state index < -0.39 is 10.0 Å². The average Bonchev–Trinajstić information content (AvgIpc) is 2.68. The van der Waals surface area contributed by atoms with Gasteiger partial charge in [-0.2, -0.15) is 0 Å². The van der Waals surface area contributed by atoms with Crippen LogP contribution in [0.25, 0.3) is 16.8 Å². The van der Waals surface area contributed by atoms with Crippen molar-refractivity contribution in [1.29, 1.82) is 0 Å². The molecule has 2 aromatic carbocycles. The molecule has 0 unspecified atom stereocenters. The highest BCUT2D eigenvalue weighted by Crippen LogP contribution is 2.21. The van der Waals surface area contributed by atoms with Gasteiger partial charge >= 0.3 is 0 Å². The zero-order valence-corrected chi connectivity index (χ0v) is 24.2. The second-order valence-electron chi connectivity index (χ2n) is 8.06. The Hall–Kier alpha value is -0.790. The van der Waals surface area contributed by atoms with Crippen LogP contribution in [0.1, 0.15) is 5.56 Å². The standard InChI is InChI=1S/C23H28ClN3O2S.2HI/c1-26-15-13-22-20(18-26)7-4-8-23(22)30(28,29)25-14-17-27(2,3)16-5-6-19-9-11-21(24)12-10-19;;/h4-13,15,18,25H,14,16-17H2,1-3H3;2*1H/q+2;;/p-2. The minimum atomic E-state index is -3.59. The lowest BCUT2D eigenvalue weighted by Gasteiger charge is -2.28. The number of sulfonamides is 1. The predicted molar refractivity (Wildman–Crippen MR) is 123 cm³/mol. The molecule has 0 bridgehead atoms. The van der Waals surface area contributed by atoms with E-state index >= 15 is 0 Å². The number of nitrogens with one attached hydrogen (secondary N) is 1. The summed E-state index contributed by atoms with van der Waals surface area (Å²) in [5, 5.41) is 2.34. The smallest absolute Gasteiger partial charge is 0.241 e. The maximum absolute atomic E-state index is 12.9.